The third-order valence-electron chi connectivity index (χ3n) is 4.31. The summed E-state index contributed by atoms with van der Waals surface area (Å²) >= 11 is 6.03. The molecule has 5 nitrogen and oxygen atoms in total. The van der Waals surface area contributed by atoms with Crippen molar-refractivity contribution in [2.45, 2.75) is 43.5 Å². The predicted molar refractivity (Wildman–Crippen MR) is 92.3 cm³/mol. The molecule has 1 atom stereocenters. The summed E-state index contributed by atoms with van der Waals surface area (Å²) < 4.78 is 27.4. The van der Waals surface area contributed by atoms with E-state index in [0.717, 1.165) is 32.4 Å². The van der Waals surface area contributed by atoms with Gasteiger partial charge < -0.3 is 5.11 Å². The SMILES string of the molecule is Cc1cccc(Cl)c1S(=O)(=O)NCCCN1CCCC[C@H]1CO. The van der Waals surface area contributed by atoms with E-state index in [2.05, 4.69) is 9.62 Å². The average molecular weight is 361 g/mol. The highest BCUT2D eigenvalue weighted by atomic mass is 35.5. The third kappa shape index (κ3) is 4.90. The van der Waals surface area contributed by atoms with Gasteiger partial charge in [0.05, 0.1) is 11.6 Å². The van der Waals surface area contributed by atoms with Crippen molar-refractivity contribution in [1.82, 2.24) is 9.62 Å². The number of sulfonamides is 1. The van der Waals surface area contributed by atoms with Gasteiger partial charge in [-0.3, -0.25) is 4.90 Å². The zero-order valence-electron chi connectivity index (χ0n) is 13.5. The number of aryl methyl sites for hydroxylation is 1. The summed E-state index contributed by atoms with van der Waals surface area (Å²) in [5.41, 5.74) is 0.640. The molecule has 2 N–H and O–H groups in total. The Balaban J connectivity index is 1.88. The van der Waals surface area contributed by atoms with Crippen LogP contribution >= 0.6 is 11.6 Å². The van der Waals surface area contributed by atoms with Crippen LogP contribution in [-0.2, 0) is 10.0 Å². The van der Waals surface area contributed by atoms with Crippen LogP contribution in [0.5, 0.6) is 0 Å². The molecule has 0 spiro atoms. The number of rotatable bonds is 7. The Bertz CT molecular complexity index is 602. The van der Waals surface area contributed by atoms with Crippen LogP contribution in [0.1, 0.15) is 31.2 Å². The number of hydrogen-bond acceptors (Lipinski definition) is 4. The van der Waals surface area contributed by atoms with Crippen LogP contribution in [0.2, 0.25) is 5.02 Å². The van der Waals surface area contributed by atoms with Crippen LogP contribution < -0.4 is 4.72 Å². The topological polar surface area (TPSA) is 69.6 Å². The molecular formula is C16H25ClN2O3S. The minimum Gasteiger partial charge on any atom is -0.395 e. The number of nitrogens with one attached hydrogen (secondary N) is 1. The Morgan fingerprint density at radius 2 is 2.17 bits per heavy atom. The second-order valence-electron chi connectivity index (χ2n) is 6.01. The largest absolute Gasteiger partial charge is 0.395 e. The van der Waals surface area contributed by atoms with E-state index in [4.69, 9.17) is 11.6 Å². The molecule has 2 rings (SSSR count). The van der Waals surface area contributed by atoms with Crippen LogP contribution in [-0.4, -0.2) is 50.7 Å². The molecule has 1 fully saturated rings. The van der Waals surface area contributed by atoms with Crippen LogP contribution in [0.25, 0.3) is 0 Å². The number of likely N-dealkylation sites (tertiary alicyclic amines) is 1. The molecule has 0 radical (unpaired) electrons. The molecule has 0 aromatic heterocycles. The van der Waals surface area contributed by atoms with E-state index >= 15 is 0 Å². The van der Waals surface area contributed by atoms with E-state index in [-0.39, 0.29) is 22.6 Å². The summed E-state index contributed by atoms with van der Waals surface area (Å²) in [6.45, 7) is 4.03. The maximum Gasteiger partial charge on any atom is 0.242 e. The van der Waals surface area contributed by atoms with Crippen molar-refractivity contribution in [3.8, 4) is 0 Å². The molecule has 130 valence electrons. The monoisotopic (exact) mass is 360 g/mol. The molecule has 0 unspecified atom stereocenters. The summed E-state index contributed by atoms with van der Waals surface area (Å²) in [6.07, 6.45) is 4.02. The van der Waals surface area contributed by atoms with Gasteiger partial charge in [0.1, 0.15) is 4.90 Å². The van der Waals surface area contributed by atoms with Crippen molar-refractivity contribution < 1.29 is 13.5 Å². The maximum atomic E-state index is 12.4. The molecule has 1 aliphatic heterocycles. The first-order chi connectivity index (χ1) is 11.0. The zero-order valence-corrected chi connectivity index (χ0v) is 15.0. The fourth-order valence-corrected chi connectivity index (χ4v) is 4.98. The van der Waals surface area contributed by atoms with Crippen LogP contribution in [0, 0.1) is 6.92 Å². The molecule has 0 aliphatic carbocycles. The summed E-state index contributed by atoms with van der Waals surface area (Å²) in [4.78, 5) is 2.41. The van der Waals surface area contributed by atoms with Gasteiger partial charge in [-0.1, -0.05) is 30.2 Å². The molecule has 1 aromatic rings. The molecule has 1 saturated heterocycles. The van der Waals surface area contributed by atoms with E-state index in [1.165, 1.54) is 0 Å². The summed E-state index contributed by atoms with van der Waals surface area (Å²) in [5, 5.41) is 9.63. The van der Waals surface area contributed by atoms with Crippen molar-refractivity contribution in [2.75, 3.05) is 26.2 Å². The molecular weight excluding hydrogens is 336 g/mol. The zero-order chi connectivity index (χ0) is 16.9. The lowest BCUT2D eigenvalue weighted by molar-refractivity contribution is 0.0896. The Hall–Kier alpha value is -0.660. The van der Waals surface area contributed by atoms with Gasteiger partial charge in [-0.25, -0.2) is 13.1 Å². The van der Waals surface area contributed by atoms with E-state index in [9.17, 15) is 13.5 Å². The van der Waals surface area contributed by atoms with Gasteiger partial charge in [0.2, 0.25) is 10.0 Å². The molecule has 0 bridgehead atoms. The van der Waals surface area contributed by atoms with Gasteiger partial charge in [-0.15, -0.1) is 0 Å². The highest BCUT2D eigenvalue weighted by Gasteiger charge is 2.22. The second-order valence-corrected chi connectivity index (χ2v) is 8.12. The van der Waals surface area contributed by atoms with Gasteiger partial charge >= 0.3 is 0 Å². The average Bonchev–Trinajstić information content (AvgIpc) is 2.51. The van der Waals surface area contributed by atoms with Gasteiger partial charge in [0, 0.05) is 12.6 Å². The van der Waals surface area contributed by atoms with Gasteiger partial charge in [-0.05, 0) is 50.9 Å². The Morgan fingerprint density at radius 1 is 1.39 bits per heavy atom. The van der Waals surface area contributed by atoms with Crippen LogP contribution in [0.15, 0.2) is 23.1 Å². The maximum absolute atomic E-state index is 12.4. The van der Waals surface area contributed by atoms with Crippen molar-refractivity contribution in [3.05, 3.63) is 28.8 Å². The van der Waals surface area contributed by atoms with Gasteiger partial charge in [-0.2, -0.15) is 0 Å². The Kier molecular flexibility index (Phi) is 6.85. The number of aliphatic hydroxyl groups excluding tert-OH is 1. The molecule has 1 aliphatic rings. The first-order valence-electron chi connectivity index (χ1n) is 8.05. The van der Waals surface area contributed by atoms with Crippen LogP contribution in [0.3, 0.4) is 0 Å². The van der Waals surface area contributed by atoms with Crippen LogP contribution in [0.4, 0.5) is 0 Å². The molecule has 1 heterocycles. The highest BCUT2D eigenvalue weighted by molar-refractivity contribution is 7.89. The van der Waals surface area contributed by atoms with Crippen molar-refractivity contribution in [1.29, 1.82) is 0 Å². The first-order valence-corrected chi connectivity index (χ1v) is 9.91. The summed E-state index contributed by atoms with van der Waals surface area (Å²) in [6, 6.07) is 5.27. The minimum absolute atomic E-state index is 0.160. The highest BCUT2D eigenvalue weighted by Crippen LogP contribution is 2.24. The summed E-state index contributed by atoms with van der Waals surface area (Å²) in [7, 11) is -3.59. The molecule has 7 heteroatoms. The molecule has 23 heavy (non-hydrogen) atoms. The Morgan fingerprint density at radius 3 is 2.87 bits per heavy atom. The fraction of sp³-hybridized carbons (Fsp3) is 0.625. The summed E-state index contributed by atoms with van der Waals surface area (Å²) in [5.74, 6) is 0. The van der Waals surface area contributed by atoms with Crippen molar-refractivity contribution in [2.24, 2.45) is 0 Å². The lowest BCUT2D eigenvalue weighted by Crippen LogP contribution is -2.43. The predicted octanol–water partition coefficient (Wildman–Crippen LogP) is 2.16. The van der Waals surface area contributed by atoms with E-state index in [1.54, 1.807) is 25.1 Å². The molecule has 1 aromatic carbocycles. The number of nitrogens with zero attached hydrogens (tertiary/aromatic N) is 1. The minimum atomic E-state index is -3.59. The number of benzene rings is 1. The van der Waals surface area contributed by atoms with E-state index < -0.39 is 10.0 Å². The number of piperidine rings is 1. The fourth-order valence-electron chi connectivity index (χ4n) is 3.08. The second kappa shape index (κ2) is 8.44. The lowest BCUT2D eigenvalue weighted by atomic mass is 10.0. The third-order valence-corrected chi connectivity index (χ3v) is 6.40. The standard InChI is InChI=1S/C16H25ClN2O3S/c1-13-6-4-8-15(17)16(13)23(21,22)18-9-5-11-19-10-3-2-7-14(19)12-20/h4,6,8,14,18,20H,2-3,5,7,9-12H2,1H3/t14-/m0/s1. The number of halogens is 1. The molecule has 0 saturated carbocycles. The number of hydrogen-bond donors (Lipinski definition) is 2. The smallest absolute Gasteiger partial charge is 0.242 e. The number of aliphatic hydroxyl groups is 1. The van der Waals surface area contributed by atoms with E-state index in [0.29, 0.717) is 18.5 Å². The normalized spacial score (nSPS) is 19.9. The van der Waals surface area contributed by atoms with Gasteiger partial charge in [0.25, 0.3) is 0 Å². The van der Waals surface area contributed by atoms with Crippen molar-refractivity contribution in [3.63, 3.8) is 0 Å². The van der Waals surface area contributed by atoms with Gasteiger partial charge in [0.15, 0.2) is 0 Å². The quantitative estimate of drug-likeness (QED) is 0.731. The van der Waals surface area contributed by atoms with E-state index in [1.807, 2.05) is 0 Å². The molecule has 0 amide bonds. The Labute approximate surface area is 143 Å². The lowest BCUT2D eigenvalue weighted by Gasteiger charge is -2.34. The van der Waals surface area contributed by atoms with Crippen molar-refractivity contribution >= 4 is 21.6 Å². The first kappa shape index (κ1) is 18.7.